The molecule has 0 unspecified atom stereocenters. The maximum atomic E-state index is 11.6. The molecule has 0 amide bonds. The van der Waals surface area contributed by atoms with Crippen molar-refractivity contribution in [2.24, 2.45) is 11.1 Å². The molecule has 0 aliphatic heterocycles. The zero-order chi connectivity index (χ0) is 19.5. The molecule has 1 aromatic carbocycles. The van der Waals surface area contributed by atoms with E-state index >= 15 is 0 Å². The first kappa shape index (κ1) is 17.9. The lowest BCUT2D eigenvalue weighted by molar-refractivity contribution is 0.000995. The Hall–Kier alpha value is -2.16. The second-order valence-corrected chi connectivity index (χ2v) is 9.26. The molecule has 2 fully saturated rings. The molecule has 2 saturated carbocycles. The van der Waals surface area contributed by atoms with E-state index in [2.05, 4.69) is 15.3 Å². The van der Waals surface area contributed by atoms with Crippen LogP contribution in [-0.4, -0.2) is 34.4 Å². The van der Waals surface area contributed by atoms with Crippen LogP contribution in [-0.2, 0) is 10.9 Å². The standard InChI is InChI=1S/C19H20ClN5O2S/c20-15-9-22-18(23-12-7-19(8-12)5-11(21)6-19)24-17(15)14-10-25(28(26)27)16-4-2-1-3-13(14)16/h1-4,9-12,28H,5-8,21H2,(H,22,23,24). The molecule has 2 aliphatic carbocycles. The Labute approximate surface area is 169 Å². The normalized spacial score (nSPS) is 26.4. The fraction of sp³-hybridized carbons (Fsp3) is 0.368. The van der Waals surface area contributed by atoms with E-state index in [9.17, 15) is 8.42 Å². The molecule has 9 heteroatoms. The third-order valence-corrected chi connectivity index (χ3v) is 6.91. The van der Waals surface area contributed by atoms with Crippen LogP contribution in [0.4, 0.5) is 5.95 Å². The monoisotopic (exact) mass is 417 g/mol. The molecule has 7 nitrogen and oxygen atoms in total. The zero-order valence-electron chi connectivity index (χ0n) is 15.0. The van der Waals surface area contributed by atoms with Crippen molar-refractivity contribution in [3.63, 3.8) is 0 Å². The average molecular weight is 418 g/mol. The van der Waals surface area contributed by atoms with Gasteiger partial charge in [-0.05, 0) is 37.2 Å². The van der Waals surface area contributed by atoms with Crippen LogP contribution in [0.1, 0.15) is 25.7 Å². The van der Waals surface area contributed by atoms with Gasteiger partial charge in [0.1, 0.15) is 0 Å². The molecule has 3 N–H and O–H groups in total. The smallest absolute Gasteiger partial charge is 0.228 e. The Kier molecular flexibility index (Phi) is 4.12. The molecule has 28 heavy (non-hydrogen) atoms. The van der Waals surface area contributed by atoms with Crippen LogP contribution in [0.25, 0.3) is 22.2 Å². The predicted octanol–water partition coefficient (Wildman–Crippen LogP) is 2.81. The van der Waals surface area contributed by atoms with Crippen molar-refractivity contribution in [2.45, 2.75) is 37.8 Å². The summed E-state index contributed by atoms with van der Waals surface area (Å²) in [6.07, 6.45) is 7.48. The maximum absolute atomic E-state index is 11.6. The molecule has 2 aromatic heterocycles. The molecule has 2 heterocycles. The minimum absolute atomic E-state index is 0.332. The van der Waals surface area contributed by atoms with E-state index < -0.39 is 10.9 Å². The van der Waals surface area contributed by atoms with Gasteiger partial charge in [0, 0.05) is 29.2 Å². The van der Waals surface area contributed by atoms with Gasteiger partial charge in [0.05, 0.1) is 22.4 Å². The van der Waals surface area contributed by atoms with Gasteiger partial charge < -0.3 is 11.1 Å². The summed E-state index contributed by atoms with van der Waals surface area (Å²) < 4.78 is 24.5. The summed E-state index contributed by atoms with van der Waals surface area (Å²) in [5.41, 5.74) is 8.13. The molecule has 0 saturated heterocycles. The second kappa shape index (κ2) is 6.43. The van der Waals surface area contributed by atoms with Gasteiger partial charge in [0.25, 0.3) is 0 Å². The lowest BCUT2D eigenvalue weighted by Crippen LogP contribution is -2.57. The van der Waals surface area contributed by atoms with Gasteiger partial charge in [-0.15, -0.1) is 0 Å². The van der Waals surface area contributed by atoms with Gasteiger partial charge in [-0.3, -0.25) is 0 Å². The van der Waals surface area contributed by atoms with Gasteiger partial charge in [0.15, 0.2) is 0 Å². The second-order valence-electron chi connectivity index (χ2n) is 7.95. The first-order valence-corrected chi connectivity index (χ1v) is 10.7. The molecular formula is C19H20ClN5O2S. The Morgan fingerprint density at radius 2 is 1.96 bits per heavy atom. The number of nitrogens with two attached hydrogens (primary N) is 1. The summed E-state index contributed by atoms with van der Waals surface area (Å²) in [6.45, 7) is 0. The van der Waals surface area contributed by atoms with Gasteiger partial charge in [-0.25, -0.2) is 22.4 Å². The van der Waals surface area contributed by atoms with E-state index in [0.717, 1.165) is 31.1 Å². The van der Waals surface area contributed by atoms with Crippen LogP contribution in [0.5, 0.6) is 0 Å². The van der Waals surface area contributed by atoms with Gasteiger partial charge in [-0.2, -0.15) is 0 Å². The van der Waals surface area contributed by atoms with Crippen LogP contribution in [0.3, 0.4) is 0 Å². The average Bonchev–Trinajstić information content (AvgIpc) is 3.00. The molecule has 0 atom stereocenters. The minimum Gasteiger partial charge on any atom is -0.351 e. The largest absolute Gasteiger partial charge is 0.351 e. The van der Waals surface area contributed by atoms with E-state index in [1.807, 2.05) is 12.1 Å². The minimum atomic E-state index is -2.80. The van der Waals surface area contributed by atoms with Crippen molar-refractivity contribution in [1.29, 1.82) is 0 Å². The fourth-order valence-corrected chi connectivity index (χ4v) is 5.52. The van der Waals surface area contributed by atoms with Crippen LogP contribution in [0.2, 0.25) is 5.02 Å². The van der Waals surface area contributed by atoms with Crippen molar-refractivity contribution < 1.29 is 8.42 Å². The molecule has 3 aromatic rings. The summed E-state index contributed by atoms with van der Waals surface area (Å²) in [5, 5.41) is 4.54. The first-order chi connectivity index (χ1) is 13.4. The number of aromatic nitrogens is 3. The van der Waals surface area contributed by atoms with Crippen molar-refractivity contribution in [1.82, 2.24) is 13.9 Å². The van der Waals surface area contributed by atoms with Gasteiger partial charge in [0.2, 0.25) is 16.8 Å². The van der Waals surface area contributed by atoms with E-state index in [4.69, 9.17) is 17.3 Å². The Morgan fingerprint density at radius 1 is 1.21 bits per heavy atom. The van der Waals surface area contributed by atoms with Crippen LogP contribution >= 0.6 is 11.6 Å². The summed E-state index contributed by atoms with van der Waals surface area (Å²) in [7, 11) is -2.80. The molecule has 2 aliphatic rings. The molecule has 5 rings (SSSR count). The van der Waals surface area contributed by atoms with Crippen molar-refractivity contribution in [2.75, 3.05) is 5.32 Å². The Balaban J connectivity index is 1.46. The number of halogens is 1. The predicted molar refractivity (Wildman–Crippen MR) is 110 cm³/mol. The number of hydrogen-bond acceptors (Lipinski definition) is 6. The number of thiol groups is 1. The number of para-hydroxylation sites is 1. The highest BCUT2D eigenvalue weighted by Crippen LogP contribution is 2.55. The topological polar surface area (TPSA) is 103 Å². The van der Waals surface area contributed by atoms with Crippen molar-refractivity contribution in [3.8, 4) is 11.3 Å². The lowest BCUT2D eigenvalue weighted by Gasteiger charge is -2.57. The van der Waals surface area contributed by atoms with E-state index in [1.165, 1.54) is 3.97 Å². The molecule has 0 radical (unpaired) electrons. The number of nitrogens with zero attached hydrogens (tertiary/aromatic N) is 3. The highest BCUT2D eigenvalue weighted by molar-refractivity contribution is 7.71. The van der Waals surface area contributed by atoms with Crippen molar-refractivity contribution >= 4 is 39.3 Å². The number of hydrogen-bond donors (Lipinski definition) is 3. The SMILES string of the molecule is NC1CC2(C1)CC(Nc1ncc(Cl)c(-c3cn([SH](=O)=O)c4ccccc34)n1)C2. The molecular weight excluding hydrogens is 398 g/mol. The van der Waals surface area contributed by atoms with Gasteiger partial charge >= 0.3 is 0 Å². The number of nitrogens with one attached hydrogen (secondary N) is 1. The van der Waals surface area contributed by atoms with Crippen LogP contribution in [0, 0.1) is 5.41 Å². The number of rotatable bonds is 4. The van der Waals surface area contributed by atoms with E-state index in [-0.39, 0.29) is 0 Å². The van der Waals surface area contributed by atoms with Crippen LogP contribution in [0.15, 0.2) is 36.7 Å². The fourth-order valence-electron chi connectivity index (χ4n) is 4.77. The van der Waals surface area contributed by atoms with Crippen molar-refractivity contribution in [3.05, 3.63) is 41.7 Å². The lowest BCUT2D eigenvalue weighted by atomic mass is 9.52. The third-order valence-electron chi connectivity index (χ3n) is 5.95. The molecule has 1 spiro atoms. The van der Waals surface area contributed by atoms with Gasteiger partial charge in [-0.1, -0.05) is 29.8 Å². The molecule has 0 bridgehead atoms. The van der Waals surface area contributed by atoms with Crippen LogP contribution < -0.4 is 11.1 Å². The number of anilines is 1. The quantitative estimate of drug-likeness (QED) is 0.564. The Morgan fingerprint density at radius 3 is 2.68 bits per heavy atom. The summed E-state index contributed by atoms with van der Waals surface area (Å²) >= 11 is 6.37. The maximum Gasteiger partial charge on any atom is 0.228 e. The molecule has 146 valence electrons. The zero-order valence-corrected chi connectivity index (χ0v) is 16.7. The highest BCUT2D eigenvalue weighted by atomic mass is 35.5. The third kappa shape index (κ3) is 2.87. The Bertz CT molecular complexity index is 1140. The highest BCUT2D eigenvalue weighted by Gasteiger charge is 2.51. The number of benzene rings is 1. The summed E-state index contributed by atoms with van der Waals surface area (Å²) in [6, 6.07) is 7.97. The summed E-state index contributed by atoms with van der Waals surface area (Å²) in [5.74, 6) is 0.506. The van der Waals surface area contributed by atoms with E-state index in [0.29, 0.717) is 45.2 Å². The first-order valence-electron chi connectivity index (χ1n) is 9.24. The van der Waals surface area contributed by atoms with E-state index in [1.54, 1.807) is 24.5 Å². The number of fused-ring (bicyclic) bond motifs is 1. The summed E-state index contributed by atoms with van der Waals surface area (Å²) in [4.78, 5) is 8.91.